The van der Waals surface area contributed by atoms with Crippen molar-refractivity contribution in [2.24, 2.45) is 0 Å². The zero-order valence-corrected chi connectivity index (χ0v) is 16.5. The van der Waals surface area contributed by atoms with Crippen molar-refractivity contribution < 1.29 is 13.2 Å². The van der Waals surface area contributed by atoms with E-state index < -0.39 is 10.0 Å². The van der Waals surface area contributed by atoms with Crippen molar-refractivity contribution >= 4 is 21.6 Å². The third-order valence-electron chi connectivity index (χ3n) is 4.22. The number of rotatable bonds is 7. The standard InChI is InChI=1S/C20H22N4O3S/c1-15-3-8-19(16(2)13-15)28(26,27)22-10-9-20(25)23-17-4-6-18(7-5-17)24-12-11-21-14-24/h3-8,11-14,22H,9-10H2,1-2H3,(H,23,25). The van der Waals surface area contributed by atoms with Gasteiger partial charge in [0.1, 0.15) is 0 Å². The number of carbonyl (C=O) groups excluding carboxylic acids is 1. The molecule has 0 atom stereocenters. The molecule has 0 aliphatic carbocycles. The third-order valence-corrected chi connectivity index (χ3v) is 5.84. The number of hydrogen-bond donors (Lipinski definition) is 2. The van der Waals surface area contributed by atoms with E-state index >= 15 is 0 Å². The molecule has 3 aromatic rings. The minimum absolute atomic E-state index is 0.0224. The number of aryl methyl sites for hydroxylation is 2. The Bertz CT molecular complexity index is 1060. The van der Waals surface area contributed by atoms with E-state index in [1.54, 1.807) is 43.7 Å². The van der Waals surface area contributed by atoms with Gasteiger partial charge in [-0.05, 0) is 49.7 Å². The number of benzene rings is 2. The summed E-state index contributed by atoms with van der Waals surface area (Å²) in [6.07, 6.45) is 5.24. The van der Waals surface area contributed by atoms with Gasteiger partial charge < -0.3 is 9.88 Å². The van der Waals surface area contributed by atoms with Crippen molar-refractivity contribution in [3.8, 4) is 5.69 Å². The number of amides is 1. The van der Waals surface area contributed by atoms with Crippen LogP contribution in [0.25, 0.3) is 5.69 Å². The van der Waals surface area contributed by atoms with Crippen molar-refractivity contribution in [1.82, 2.24) is 14.3 Å². The maximum Gasteiger partial charge on any atom is 0.240 e. The summed E-state index contributed by atoms with van der Waals surface area (Å²) in [4.78, 5) is 16.3. The summed E-state index contributed by atoms with van der Waals surface area (Å²) in [5.41, 5.74) is 3.24. The van der Waals surface area contributed by atoms with Gasteiger partial charge in [0.25, 0.3) is 0 Å². The van der Waals surface area contributed by atoms with Crippen LogP contribution in [0.3, 0.4) is 0 Å². The van der Waals surface area contributed by atoms with Gasteiger partial charge in [-0.3, -0.25) is 4.79 Å². The predicted octanol–water partition coefficient (Wildman–Crippen LogP) is 2.80. The van der Waals surface area contributed by atoms with Crippen LogP contribution >= 0.6 is 0 Å². The topological polar surface area (TPSA) is 93.1 Å². The molecule has 3 rings (SSSR count). The van der Waals surface area contributed by atoms with Crippen LogP contribution in [0.5, 0.6) is 0 Å². The molecular formula is C20H22N4O3S. The van der Waals surface area contributed by atoms with E-state index in [9.17, 15) is 13.2 Å². The van der Waals surface area contributed by atoms with Crippen LogP contribution in [0.15, 0.2) is 66.1 Å². The van der Waals surface area contributed by atoms with Gasteiger partial charge in [-0.1, -0.05) is 17.7 Å². The van der Waals surface area contributed by atoms with Crippen LogP contribution in [0.2, 0.25) is 0 Å². The van der Waals surface area contributed by atoms with E-state index in [0.29, 0.717) is 11.3 Å². The van der Waals surface area contributed by atoms with Crippen molar-refractivity contribution in [1.29, 1.82) is 0 Å². The Morgan fingerprint density at radius 2 is 1.86 bits per heavy atom. The molecular weight excluding hydrogens is 376 g/mol. The first-order valence-electron chi connectivity index (χ1n) is 8.80. The highest BCUT2D eigenvalue weighted by Gasteiger charge is 2.16. The zero-order chi connectivity index (χ0) is 20.1. The summed E-state index contributed by atoms with van der Waals surface area (Å²) >= 11 is 0. The molecule has 2 aromatic carbocycles. The molecule has 0 saturated carbocycles. The molecule has 8 heteroatoms. The summed E-state index contributed by atoms with van der Waals surface area (Å²) in [7, 11) is -3.65. The van der Waals surface area contributed by atoms with Crippen LogP contribution < -0.4 is 10.0 Å². The van der Waals surface area contributed by atoms with E-state index in [-0.39, 0.29) is 23.8 Å². The van der Waals surface area contributed by atoms with E-state index in [1.165, 1.54) is 0 Å². The highest BCUT2D eigenvalue weighted by Crippen LogP contribution is 2.16. The summed E-state index contributed by atoms with van der Waals surface area (Å²) < 4.78 is 29.1. The lowest BCUT2D eigenvalue weighted by molar-refractivity contribution is -0.116. The van der Waals surface area contributed by atoms with Gasteiger partial charge in [0.05, 0.1) is 11.2 Å². The van der Waals surface area contributed by atoms with E-state index in [2.05, 4.69) is 15.0 Å². The summed E-state index contributed by atoms with van der Waals surface area (Å²) in [6.45, 7) is 3.68. The molecule has 0 aliphatic heterocycles. The number of aromatic nitrogens is 2. The van der Waals surface area contributed by atoms with E-state index in [1.807, 2.05) is 35.9 Å². The smallest absolute Gasteiger partial charge is 0.240 e. The fourth-order valence-electron chi connectivity index (χ4n) is 2.83. The maximum atomic E-state index is 12.4. The first kappa shape index (κ1) is 19.8. The van der Waals surface area contributed by atoms with Crippen LogP contribution in [0.1, 0.15) is 17.5 Å². The minimum Gasteiger partial charge on any atom is -0.326 e. The molecule has 146 valence electrons. The molecule has 1 amide bonds. The third kappa shape index (κ3) is 4.85. The minimum atomic E-state index is -3.65. The van der Waals surface area contributed by atoms with Gasteiger partial charge in [-0.25, -0.2) is 18.1 Å². The maximum absolute atomic E-state index is 12.4. The number of anilines is 1. The first-order chi connectivity index (χ1) is 13.3. The van der Waals surface area contributed by atoms with Gasteiger partial charge in [0.15, 0.2) is 0 Å². The monoisotopic (exact) mass is 398 g/mol. The van der Waals surface area contributed by atoms with Gasteiger partial charge in [0, 0.05) is 36.7 Å². The van der Waals surface area contributed by atoms with E-state index in [4.69, 9.17) is 0 Å². The lowest BCUT2D eigenvalue weighted by Crippen LogP contribution is -2.28. The number of nitrogens with one attached hydrogen (secondary N) is 2. The molecule has 2 N–H and O–H groups in total. The molecule has 0 bridgehead atoms. The Kier molecular flexibility index (Phi) is 5.91. The van der Waals surface area contributed by atoms with Gasteiger partial charge >= 0.3 is 0 Å². The van der Waals surface area contributed by atoms with Crippen LogP contribution in [-0.4, -0.2) is 30.4 Å². The van der Waals surface area contributed by atoms with Crippen molar-refractivity contribution in [2.45, 2.75) is 25.2 Å². The number of sulfonamides is 1. The average molecular weight is 398 g/mol. The van der Waals surface area contributed by atoms with Gasteiger partial charge in [-0.2, -0.15) is 0 Å². The molecule has 1 heterocycles. The number of hydrogen-bond acceptors (Lipinski definition) is 4. The van der Waals surface area contributed by atoms with Crippen LogP contribution in [0, 0.1) is 13.8 Å². The fourth-order valence-corrected chi connectivity index (χ4v) is 4.09. The SMILES string of the molecule is Cc1ccc(S(=O)(=O)NCCC(=O)Nc2ccc(-n3ccnc3)cc2)c(C)c1. The summed E-state index contributed by atoms with van der Waals surface area (Å²) in [6, 6.07) is 12.4. The zero-order valence-electron chi connectivity index (χ0n) is 15.7. The van der Waals surface area contributed by atoms with Crippen molar-refractivity contribution in [2.75, 3.05) is 11.9 Å². The normalized spacial score (nSPS) is 11.4. The molecule has 0 spiro atoms. The summed E-state index contributed by atoms with van der Waals surface area (Å²) in [5, 5.41) is 2.76. The quantitative estimate of drug-likeness (QED) is 0.640. The van der Waals surface area contributed by atoms with Gasteiger partial charge in [0.2, 0.25) is 15.9 Å². The molecule has 1 aromatic heterocycles. The molecule has 0 saturated heterocycles. The lowest BCUT2D eigenvalue weighted by Gasteiger charge is -2.10. The summed E-state index contributed by atoms with van der Waals surface area (Å²) in [5.74, 6) is -0.265. The molecule has 0 unspecified atom stereocenters. The Hall–Kier alpha value is -2.97. The Morgan fingerprint density at radius 1 is 1.11 bits per heavy atom. The largest absolute Gasteiger partial charge is 0.326 e. The molecule has 0 fully saturated rings. The Balaban J connectivity index is 1.53. The molecule has 0 radical (unpaired) electrons. The fraction of sp³-hybridized carbons (Fsp3) is 0.200. The Morgan fingerprint density at radius 3 is 2.50 bits per heavy atom. The van der Waals surface area contributed by atoms with Crippen molar-refractivity contribution in [3.05, 3.63) is 72.3 Å². The van der Waals surface area contributed by atoms with Crippen molar-refractivity contribution in [3.63, 3.8) is 0 Å². The van der Waals surface area contributed by atoms with E-state index in [0.717, 1.165) is 11.3 Å². The second-order valence-corrected chi connectivity index (χ2v) is 8.22. The number of nitrogens with zero attached hydrogens (tertiary/aromatic N) is 2. The highest BCUT2D eigenvalue weighted by molar-refractivity contribution is 7.89. The molecule has 28 heavy (non-hydrogen) atoms. The van der Waals surface area contributed by atoms with Gasteiger partial charge in [-0.15, -0.1) is 0 Å². The lowest BCUT2D eigenvalue weighted by atomic mass is 10.2. The first-order valence-corrected chi connectivity index (χ1v) is 10.3. The number of imidazole rings is 1. The van der Waals surface area contributed by atoms with Crippen LogP contribution in [-0.2, 0) is 14.8 Å². The Labute approximate surface area is 164 Å². The highest BCUT2D eigenvalue weighted by atomic mass is 32.2. The second-order valence-electron chi connectivity index (χ2n) is 6.48. The molecule has 7 nitrogen and oxygen atoms in total. The second kappa shape index (κ2) is 8.37. The predicted molar refractivity (Wildman–Crippen MR) is 108 cm³/mol. The van der Waals surface area contributed by atoms with Crippen LogP contribution in [0.4, 0.5) is 5.69 Å². The molecule has 0 aliphatic rings. The average Bonchev–Trinajstić information content (AvgIpc) is 3.16. The number of carbonyl (C=O) groups is 1.